The normalized spacial score (nSPS) is 15.6. The number of hydrogen-bond acceptors (Lipinski definition) is 7. The summed E-state index contributed by atoms with van der Waals surface area (Å²) in [6.45, 7) is 1.13. The number of esters is 1. The third kappa shape index (κ3) is 5.56. The molecule has 1 atom stereocenters. The van der Waals surface area contributed by atoms with Crippen LogP contribution in [0, 0.1) is 0 Å². The Morgan fingerprint density at radius 1 is 1.19 bits per heavy atom. The Morgan fingerprint density at radius 3 is 2.71 bits per heavy atom. The van der Waals surface area contributed by atoms with Crippen molar-refractivity contribution in [1.29, 1.82) is 0 Å². The lowest BCUT2D eigenvalue weighted by Gasteiger charge is -2.28. The number of rotatable bonds is 11. The number of carbonyl (C=O) groups is 1. The number of alkyl halides is 2. The highest BCUT2D eigenvalue weighted by Gasteiger charge is 2.36. The Bertz CT molecular complexity index is 916. The first-order valence-corrected chi connectivity index (χ1v) is 10.5. The molecule has 0 aliphatic carbocycles. The highest BCUT2D eigenvalue weighted by Crippen LogP contribution is 2.39. The molecule has 1 aromatic carbocycles. The number of nitrogens with one attached hydrogen (secondary N) is 1. The molecule has 31 heavy (non-hydrogen) atoms. The molecule has 0 radical (unpaired) electrons. The van der Waals surface area contributed by atoms with Gasteiger partial charge < -0.3 is 14.8 Å². The minimum Gasteiger partial charge on any atom is -0.462 e. The largest absolute Gasteiger partial charge is 0.462 e. The zero-order chi connectivity index (χ0) is 22.2. The Morgan fingerprint density at radius 2 is 1.94 bits per heavy atom. The summed E-state index contributed by atoms with van der Waals surface area (Å²) in [5.41, 5.74) is 1.08. The Labute approximate surface area is 179 Å². The van der Waals surface area contributed by atoms with Crippen LogP contribution in [-0.4, -0.2) is 39.4 Å². The molecule has 0 unspecified atom stereocenters. The number of anilines is 1. The lowest BCUT2D eigenvalue weighted by Crippen LogP contribution is -2.30. The topological polar surface area (TPSA) is 91.2 Å². The van der Waals surface area contributed by atoms with Crippen molar-refractivity contribution in [2.75, 3.05) is 11.9 Å². The van der Waals surface area contributed by atoms with E-state index in [9.17, 15) is 13.6 Å². The first-order valence-electron chi connectivity index (χ1n) is 10.5. The van der Waals surface area contributed by atoms with Gasteiger partial charge in [-0.1, -0.05) is 62.3 Å². The molecule has 3 rings (SSSR count). The van der Waals surface area contributed by atoms with E-state index in [0.717, 1.165) is 19.3 Å². The number of para-hydroxylation sites is 1. The minimum absolute atomic E-state index is 0.0557. The first kappa shape index (κ1) is 22.6. The molecule has 168 valence electrons. The third-order valence-electron chi connectivity index (χ3n) is 5.09. The van der Waals surface area contributed by atoms with Gasteiger partial charge in [0, 0.05) is 11.3 Å². The smallest absolute Gasteiger partial charge is 0.387 e. The maximum atomic E-state index is 13.0. The maximum Gasteiger partial charge on any atom is 0.387 e. The van der Waals surface area contributed by atoms with E-state index >= 15 is 0 Å². The van der Waals surface area contributed by atoms with Gasteiger partial charge in [-0.15, -0.1) is 0 Å². The molecule has 0 saturated carbocycles. The van der Waals surface area contributed by atoms with E-state index in [1.54, 1.807) is 25.1 Å². The molecule has 8 nitrogen and oxygen atoms in total. The number of benzene rings is 1. The van der Waals surface area contributed by atoms with E-state index in [-0.39, 0.29) is 17.9 Å². The Kier molecular flexibility index (Phi) is 7.91. The fourth-order valence-corrected chi connectivity index (χ4v) is 3.60. The lowest BCUT2D eigenvalue weighted by atomic mass is 9.95. The van der Waals surface area contributed by atoms with E-state index < -0.39 is 18.6 Å². The molecule has 1 aliphatic rings. The van der Waals surface area contributed by atoms with Crippen LogP contribution in [-0.2, 0) is 9.53 Å². The molecule has 10 heteroatoms. The van der Waals surface area contributed by atoms with Crippen LogP contribution in [0.5, 0.6) is 5.75 Å². The number of unbranched alkanes of at least 4 members (excludes halogenated alkanes) is 5. The van der Waals surface area contributed by atoms with Crippen LogP contribution < -0.4 is 10.1 Å². The fraction of sp³-hybridized carbons (Fsp3) is 0.524. The zero-order valence-corrected chi connectivity index (χ0v) is 17.7. The van der Waals surface area contributed by atoms with Crippen molar-refractivity contribution in [2.24, 2.45) is 0 Å². The second-order valence-electron chi connectivity index (χ2n) is 7.33. The van der Waals surface area contributed by atoms with Crippen molar-refractivity contribution in [3.05, 3.63) is 41.1 Å². The zero-order valence-electron chi connectivity index (χ0n) is 17.7. The Balaban J connectivity index is 1.81. The molecular formula is C21H27F2N5O3. The third-order valence-corrected chi connectivity index (χ3v) is 5.09. The minimum atomic E-state index is -3.01. The quantitative estimate of drug-likeness (QED) is 0.411. The second-order valence-corrected chi connectivity index (χ2v) is 7.33. The van der Waals surface area contributed by atoms with Crippen LogP contribution in [0.25, 0.3) is 0 Å². The van der Waals surface area contributed by atoms with E-state index in [1.807, 2.05) is 0 Å². The van der Waals surface area contributed by atoms with Crippen molar-refractivity contribution in [2.45, 2.75) is 65.0 Å². The van der Waals surface area contributed by atoms with Gasteiger partial charge in [-0.2, -0.15) is 13.5 Å². The average molecular weight is 435 g/mol. The molecule has 0 fully saturated rings. The number of halogens is 2. The SMILES string of the molecule is CCCCCCCCOC(=O)C1=C(C)Nc2nnnn2[C@H]1c1ccccc1OC(F)F. The predicted molar refractivity (Wildman–Crippen MR) is 110 cm³/mol. The molecule has 2 aromatic rings. The number of ether oxygens (including phenoxy) is 2. The molecule has 1 aliphatic heterocycles. The summed E-state index contributed by atoms with van der Waals surface area (Å²) in [4.78, 5) is 13.0. The summed E-state index contributed by atoms with van der Waals surface area (Å²) < 4.78 is 37.5. The highest BCUT2D eigenvalue weighted by atomic mass is 19.3. The summed E-state index contributed by atoms with van der Waals surface area (Å²) in [6.07, 6.45) is 6.39. The standard InChI is InChI=1S/C21H27F2N5O3/c1-3-4-5-6-7-10-13-30-19(29)17-14(2)24-21-25-26-27-28(21)18(17)15-11-8-9-12-16(15)31-20(22)23/h8-9,11-12,18,20H,3-7,10,13H2,1-2H3,(H,24,25,27)/t18-/m0/s1. The fourth-order valence-electron chi connectivity index (χ4n) is 3.60. The van der Waals surface area contributed by atoms with Crippen LogP contribution in [0.3, 0.4) is 0 Å². The monoisotopic (exact) mass is 435 g/mol. The number of carbonyl (C=O) groups excluding carboxylic acids is 1. The van der Waals surface area contributed by atoms with Gasteiger partial charge in [0.2, 0.25) is 5.95 Å². The van der Waals surface area contributed by atoms with Crippen LogP contribution in [0.2, 0.25) is 0 Å². The van der Waals surface area contributed by atoms with Crippen molar-refractivity contribution in [3.8, 4) is 5.75 Å². The molecule has 1 aromatic heterocycles. The van der Waals surface area contributed by atoms with Crippen molar-refractivity contribution >= 4 is 11.9 Å². The molecule has 2 heterocycles. The summed E-state index contributed by atoms with van der Waals surface area (Å²) in [6, 6.07) is 5.41. The van der Waals surface area contributed by atoms with Gasteiger partial charge in [0.1, 0.15) is 11.8 Å². The van der Waals surface area contributed by atoms with Gasteiger partial charge in [-0.05, 0) is 29.8 Å². The van der Waals surface area contributed by atoms with Crippen molar-refractivity contribution < 1.29 is 23.0 Å². The summed E-state index contributed by atoms with van der Waals surface area (Å²) >= 11 is 0. The summed E-state index contributed by atoms with van der Waals surface area (Å²) in [5, 5.41) is 14.5. The highest BCUT2D eigenvalue weighted by molar-refractivity contribution is 5.92. The second kappa shape index (κ2) is 10.8. The number of allylic oxidation sites excluding steroid dienone is 1. The molecule has 0 spiro atoms. The van der Waals surface area contributed by atoms with E-state index in [1.165, 1.54) is 30.0 Å². The molecule has 1 N–H and O–H groups in total. The number of tetrazole rings is 1. The van der Waals surface area contributed by atoms with E-state index in [2.05, 4.69) is 32.5 Å². The van der Waals surface area contributed by atoms with Gasteiger partial charge >= 0.3 is 12.6 Å². The Hall–Kier alpha value is -3.04. The number of hydrogen-bond donors (Lipinski definition) is 1. The average Bonchev–Trinajstić information content (AvgIpc) is 3.20. The van der Waals surface area contributed by atoms with E-state index in [4.69, 9.17) is 4.74 Å². The van der Waals surface area contributed by atoms with Crippen molar-refractivity contribution in [3.63, 3.8) is 0 Å². The predicted octanol–water partition coefficient (Wildman–Crippen LogP) is 4.47. The summed E-state index contributed by atoms with van der Waals surface area (Å²) in [7, 11) is 0. The van der Waals surface area contributed by atoms with Crippen LogP contribution in [0.4, 0.5) is 14.7 Å². The first-order chi connectivity index (χ1) is 15.0. The molecule has 0 saturated heterocycles. The molecule has 0 bridgehead atoms. The summed E-state index contributed by atoms with van der Waals surface area (Å²) in [5.74, 6) is -0.307. The van der Waals surface area contributed by atoms with Crippen LogP contribution in [0.15, 0.2) is 35.5 Å². The van der Waals surface area contributed by atoms with Gasteiger partial charge in [0.15, 0.2) is 0 Å². The maximum absolute atomic E-state index is 13.0. The van der Waals surface area contributed by atoms with E-state index in [0.29, 0.717) is 17.2 Å². The lowest BCUT2D eigenvalue weighted by molar-refractivity contribution is -0.139. The molecular weight excluding hydrogens is 408 g/mol. The number of nitrogens with zero attached hydrogens (tertiary/aromatic N) is 4. The molecule has 0 amide bonds. The van der Waals surface area contributed by atoms with Gasteiger partial charge in [-0.25, -0.2) is 4.79 Å². The van der Waals surface area contributed by atoms with Gasteiger partial charge in [0.05, 0.1) is 12.2 Å². The van der Waals surface area contributed by atoms with Crippen LogP contribution in [0.1, 0.15) is 64.0 Å². The number of fused-ring (bicyclic) bond motifs is 1. The van der Waals surface area contributed by atoms with Crippen LogP contribution >= 0.6 is 0 Å². The van der Waals surface area contributed by atoms with Gasteiger partial charge in [0.25, 0.3) is 0 Å². The number of aromatic nitrogens is 4. The van der Waals surface area contributed by atoms with Crippen molar-refractivity contribution in [1.82, 2.24) is 20.2 Å². The van der Waals surface area contributed by atoms with Gasteiger partial charge in [-0.3, -0.25) is 0 Å².